The first kappa shape index (κ1) is 20.4. The van der Waals surface area contributed by atoms with Crippen molar-refractivity contribution in [1.82, 2.24) is 9.97 Å². The molecule has 0 radical (unpaired) electrons. The van der Waals surface area contributed by atoms with Gasteiger partial charge in [-0.25, -0.2) is 0 Å². The summed E-state index contributed by atoms with van der Waals surface area (Å²) < 4.78 is 10.4. The molecule has 0 amide bonds. The number of H-pyrrole nitrogens is 2. The Balaban J connectivity index is 1.46. The molecule has 2 heterocycles. The second kappa shape index (κ2) is 8.89. The molecule has 8 heteroatoms. The summed E-state index contributed by atoms with van der Waals surface area (Å²) in [5, 5.41) is 1.22. The lowest BCUT2D eigenvalue weighted by Gasteiger charge is -2.06. The van der Waals surface area contributed by atoms with Crippen molar-refractivity contribution in [2.75, 3.05) is 14.2 Å². The Hall–Kier alpha value is -2.84. The normalized spacial score (nSPS) is 11.1. The van der Waals surface area contributed by atoms with Gasteiger partial charge in [-0.15, -0.1) is 0 Å². The van der Waals surface area contributed by atoms with Crippen molar-refractivity contribution in [2.24, 2.45) is 0 Å². The highest BCUT2D eigenvalue weighted by Gasteiger charge is 2.09. The number of rotatable bonds is 7. The van der Waals surface area contributed by atoms with Gasteiger partial charge >= 0.3 is 0 Å². The topological polar surface area (TPSA) is 84.2 Å². The molecule has 6 nitrogen and oxygen atoms in total. The maximum absolute atomic E-state index is 12.8. The molecule has 2 N–H and O–H groups in total. The minimum absolute atomic E-state index is 0.00797. The Kier molecular flexibility index (Phi) is 6.06. The van der Waals surface area contributed by atoms with Gasteiger partial charge in [-0.1, -0.05) is 21.6 Å². The molecule has 0 unspecified atom stereocenters. The van der Waals surface area contributed by atoms with Crippen LogP contribution < -0.4 is 20.3 Å². The van der Waals surface area contributed by atoms with Crippen LogP contribution in [0.4, 0.5) is 0 Å². The van der Waals surface area contributed by atoms with Crippen LogP contribution >= 0.6 is 21.6 Å². The molecule has 0 fully saturated rings. The molecule has 154 valence electrons. The fourth-order valence-electron chi connectivity index (χ4n) is 3.16. The number of hydrogen-bond donors (Lipinski definition) is 2. The van der Waals surface area contributed by atoms with Crippen LogP contribution in [0.3, 0.4) is 0 Å². The number of nitrogens with one attached hydrogen (secondary N) is 2. The number of ether oxygens (including phenoxy) is 2. The van der Waals surface area contributed by atoms with Crippen LogP contribution in [-0.4, -0.2) is 24.2 Å². The van der Waals surface area contributed by atoms with E-state index in [9.17, 15) is 9.59 Å². The first-order valence-electron chi connectivity index (χ1n) is 9.21. The molecule has 0 saturated carbocycles. The van der Waals surface area contributed by atoms with E-state index in [1.54, 1.807) is 60.3 Å². The Morgan fingerprint density at radius 3 is 1.57 bits per heavy atom. The third-order valence-corrected chi connectivity index (χ3v) is 7.07. The average Bonchev–Trinajstić information content (AvgIpc) is 2.79. The quantitative estimate of drug-likeness (QED) is 0.326. The van der Waals surface area contributed by atoms with Crippen LogP contribution in [0.5, 0.6) is 11.5 Å². The number of pyridine rings is 2. The van der Waals surface area contributed by atoms with Gasteiger partial charge in [0.2, 0.25) is 0 Å². The molecular weight excluding hydrogens is 420 g/mol. The van der Waals surface area contributed by atoms with Crippen molar-refractivity contribution >= 4 is 43.4 Å². The first-order chi connectivity index (χ1) is 14.6. The van der Waals surface area contributed by atoms with Gasteiger partial charge in [0.05, 0.1) is 14.2 Å². The van der Waals surface area contributed by atoms with Crippen LogP contribution in [-0.2, 0) is 11.5 Å². The molecule has 30 heavy (non-hydrogen) atoms. The number of hydrogen-bond acceptors (Lipinski definition) is 6. The van der Waals surface area contributed by atoms with Crippen LogP contribution in [0.15, 0.2) is 58.4 Å². The lowest BCUT2D eigenvalue weighted by molar-refractivity contribution is 0.415. The average molecular weight is 441 g/mol. The Morgan fingerprint density at radius 1 is 0.733 bits per heavy atom. The Morgan fingerprint density at radius 2 is 1.17 bits per heavy atom. The molecule has 0 saturated heterocycles. The first-order valence-corrected chi connectivity index (χ1v) is 11.7. The Labute approximate surface area is 180 Å². The summed E-state index contributed by atoms with van der Waals surface area (Å²) in [7, 11) is 6.25. The molecule has 0 aliphatic heterocycles. The molecule has 4 aromatic rings. The molecule has 0 spiro atoms. The van der Waals surface area contributed by atoms with Crippen LogP contribution in [0.2, 0.25) is 0 Å². The zero-order chi connectivity index (χ0) is 21.1. The van der Waals surface area contributed by atoms with E-state index >= 15 is 0 Å². The number of aromatic nitrogens is 2. The SMILES string of the molecule is COc1ccc2[nH]cc(CSSCc3c[nH]c4ccc(OC)cc4c3=O)c(=O)c2c1. The van der Waals surface area contributed by atoms with E-state index in [-0.39, 0.29) is 10.9 Å². The zero-order valence-electron chi connectivity index (χ0n) is 16.5. The molecule has 0 bridgehead atoms. The van der Waals surface area contributed by atoms with Gasteiger partial charge in [-0.05, 0) is 36.4 Å². The fourth-order valence-corrected chi connectivity index (χ4v) is 5.27. The summed E-state index contributed by atoms with van der Waals surface area (Å²) in [6, 6.07) is 10.8. The van der Waals surface area contributed by atoms with E-state index in [4.69, 9.17) is 9.47 Å². The number of methoxy groups -OCH3 is 2. The van der Waals surface area contributed by atoms with Crippen molar-refractivity contribution < 1.29 is 9.47 Å². The summed E-state index contributed by atoms with van der Waals surface area (Å²) in [5.74, 6) is 2.37. The summed E-state index contributed by atoms with van der Waals surface area (Å²) in [5.41, 5.74) is 2.91. The largest absolute Gasteiger partial charge is 0.497 e. The standard InChI is InChI=1S/C22H20N2O4S2/c1-27-15-3-5-19-17(7-15)21(25)13(9-23-19)11-29-30-12-14-10-24-20-6-4-16(28-2)8-18(20)22(14)26/h3-10H,11-12H2,1-2H3,(H,23,25)(H,24,26). The summed E-state index contributed by atoms with van der Waals surface area (Å²) in [6.45, 7) is 0. The van der Waals surface area contributed by atoms with Gasteiger partial charge in [0.1, 0.15) is 11.5 Å². The Bertz CT molecular complexity index is 1230. The maximum Gasteiger partial charge on any atom is 0.193 e. The van der Waals surface area contributed by atoms with Crippen LogP contribution in [0.25, 0.3) is 21.8 Å². The highest BCUT2D eigenvalue weighted by Crippen LogP contribution is 2.29. The van der Waals surface area contributed by atoms with E-state index in [0.29, 0.717) is 44.9 Å². The second-order valence-electron chi connectivity index (χ2n) is 6.63. The summed E-state index contributed by atoms with van der Waals surface area (Å²) in [6.07, 6.45) is 3.50. The minimum atomic E-state index is -0.00797. The molecule has 0 atom stereocenters. The fraction of sp³-hybridized carbons (Fsp3) is 0.182. The zero-order valence-corrected chi connectivity index (χ0v) is 18.1. The molecule has 4 rings (SSSR count). The van der Waals surface area contributed by atoms with Crippen LogP contribution in [0.1, 0.15) is 11.1 Å². The number of benzene rings is 2. The maximum atomic E-state index is 12.8. The monoisotopic (exact) mass is 440 g/mol. The van der Waals surface area contributed by atoms with Crippen molar-refractivity contribution in [3.05, 3.63) is 80.4 Å². The van der Waals surface area contributed by atoms with Crippen molar-refractivity contribution in [2.45, 2.75) is 11.5 Å². The molecule has 0 aliphatic rings. The van der Waals surface area contributed by atoms with E-state index in [1.165, 1.54) is 0 Å². The lowest BCUT2D eigenvalue weighted by atomic mass is 10.1. The third kappa shape index (κ3) is 4.06. The van der Waals surface area contributed by atoms with Gasteiger partial charge in [-0.2, -0.15) is 0 Å². The summed E-state index contributed by atoms with van der Waals surface area (Å²) >= 11 is 0. The van der Waals surface area contributed by atoms with E-state index in [2.05, 4.69) is 9.97 Å². The number of fused-ring (bicyclic) bond motifs is 2. The van der Waals surface area contributed by atoms with Gasteiger partial charge in [-0.3, -0.25) is 9.59 Å². The van der Waals surface area contributed by atoms with E-state index < -0.39 is 0 Å². The number of aromatic amines is 2. The van der Waals surface area contributed by atoms with E-state index in [1.807, 2.05) is 24.3 Å². The van der Waals surface area contributed by atoms with Crippen LogP contribution in [0, 0.1) is 0 Å². The molecular formula is C22H20N2O4S2. The van der Waals surface area contributed by atoms with Gasteiger partial charge in [0.25, 0.3) is 0 Å². The minimum Gasteiger partial charge on any atom is -0.497 e. The van der Waals surface area contributed by atoms with Gasteiger partial charge in [0.15, 0.2) is 10.9 Å². The van der Waals surface area contributed by atoms with Crippen molar-refractivity contribution in [1.29, 1.82) is 0 Å². The van der Waals surface area contributed by atoms with Crippen molar-refractivity contribution in [3.63, 3.8) is 0 Å². The second-order valence-corrected chi connectivity index (χ2v) is 9.10. The molecule has 2 aromatic heterocycles. The lowest BCUT2D eigenvalue weighted by Crippen LogP contribution is -2.10. The van der Waals surface area contributed by atoms with Crippen molar-refractivity contribution in [3.8, 4) is 11.5 Å². The molecule has 2 aromatic carbocycles. The van der Waals surface area contributed by atoms with E-state index in [0.717, 1.165) is 11.0 Å². The van der Waals surface area contributed by atoms with Gasteiger partial charge < -0.3 is 19.4 Å². The van der Waals surface area contributed by atoms with Gasteiger partial charge in [0, 0.05) is 56.8 Å². The highest BCUT2D eigenvalue weighted by molar-refractivity contribution is 8.76. The third-order valence-electron chi connectivity index (χ3n) is 4.84. The predicted octanol–water partition coefficient (Wildman–Crippen LogP) is 4.47. The summed E-state index contributed by atoms with van der Waals surface area (Å²) in [4.78, 5) is 31.8. The molecule has 0 aliphatic carbocycles. The smallest absolute Gasteiger partial charge is 0.193 e. The predicted molar refractivity (Wildman–Crippen MR) is 125 cm³/mol. The highest BCUT2D eigenvalue weighted by atomic mass is 33.1.